The van der Waals surface area contributed by atoms with Gasteiger partial charge in [-0.2, -0.15) is 18.3 Å². The molecule has 2 aromatic rings. The minimum atomic E-state index is -4.43. The number of carbonyl (C=O) groups is 1. The normalized spacial score (nSPS) is 12.7. The number of methoxy groups -OCH3 is 1. The van der Waals surface area contributed by atoms with Gasteiger partial charge in [-0.15, -0.1) is 0 Å². The van der Waals surface area contributed by atoms with Crippen LogP contribution in [0.1, 0.15) is 35.3 Å². The molecule has 0 aliphatic heterocycles. The maximum atomic E-state index is 12.6. The predicted octanol–water partition coefficient (Wildman–Crippen LogP) is 2.33. The molecule has 0 bridgehead atoms. The van der Waals surface area contributed by atoms with Gasteiger partial charge in [-0.25, -0.2) is 4.68 Å². The molecule has 0 aliphatic carbocycles. The van der Waals surface area contributed by atoms with Gasteiger partial charge in [0.05, 0.1) is 30.5 Å². The van der Waals surface area contributed by atoms with Crippen LogP contribution in [0.4, 0.5) is 13.2 Å². The quantitative estimate of drug-likeness (QED) is 0.818. The van der Waals surface area contributed by atoms with Crippen LogP contribution in [-0.4, -0.2) is 22.8 Å². The molecule has 0 spiro atoms. The second-order valence-corrected chi connectivity index (χ2v) is 5.73. The van der Waals surface area contributed by atoms with E-state index >= 15 is 0 Å². The molecule has 0 radical (unpaired) electrons. The Morgan fingerprint density at radius 2 is 1.96 bits per heavy atom. The van der Waals surface area contributed by atoms with Crippen molar-refractivity contribution in [2.75, 3.05) is 7.11 Å². The predicted molar refractivity (Wildman–Crippen MR) is 89.4 cm³/mol. The summed E-state index contributed by atoms with van der Waals surface area (Å²) < 4.78 is 44.7. The van der Waals surface area contributed by atoms with Gasteiger partial charge in [-0.3, -0.25) is 4.79 Å². The Bertz CT molecular complexity index is 770. The van der Waals surface area contributed by atoms with Gasteiger partial charge < -0.3 is 15.8 Å². The van der Waals surface area contributed by atoms with Crippen LogP contribution in [-0.2, 0) is 31.0 Å². The van der Waals surface area contributed by atoms with Gasteiger partial charge in [0.25, 0.3) is 0 Å². The molecule has 1 atom stereocenters. The molecule has 1 aromatic carbocycles. The van der Waals surface area contributed by atoms with Crippen molar-refractivity contribution in [2.45, 2.75) is 32.1 Å². The molecule has 1 aromatic heterocycles. The number of alkyl halides is 3. The molecule has 3 N–H and O–H groups in total. The van der Waals surface area contributed by atoms with E-state index in [0.717, 1.165) is 23.4 Å². The van der Waals surface area contributed by atoms with Crippen LogP contribution in [0, 0.1) is 0 Å². The third-order valence-electron chi connectivity index (χ3n) is 4.02. The van der Waals surface area contributed by atoms with E-state index in [2.05, 4.69) is 10.4 Å². The summed E-state index contributed by atoms with van der Waals surface area (Å²) >= 11 is 0. The summed E-state index contributed by atoms with van der Waals surface area (Å²) in [6.07, 6.45) is -3.77. The highest BCUT2D eigenvalue weighted by Crippen LogP contribution is 2.29. The molecule has 9 heteroatoms. The third-order valence-corrected chi connectivity index (χ3v) is 4.02. The first-order valence-corrected chi connectivity index (χ1v) is 7.98. The van der Waals surface area contributed by atoms with Gasteiger partial charge in [-0.05, 0) is 24.1 Å². The number of aromatic nitrogens is 2. The topological polar surface area (TPSA) is 82.2 Å². The zero-order chi connectivity index (χ0) is 19.5. The molecule has 2 rings (SSSR count). The van der Waals surface area contributed by atoms with E-state index in [1.165, 1.54) is 19.2 Å². The molecule has 142 valence electrons. The van der Waals surface area contributed by atoms with Gasteiger partial charge >= 0.3 is 6.18 Å². The monoisotopic (exact) mass is 370 g/mol. The van der Waals surface area contributed by atoms with Crippen LogP contribution in [0.15, 0.2) is 24.3 Å². The van der Waals surface area contributed by atoms with E-state index in [-0.39, 0.29) is 6.54 Å². The first-order valence-electron chi connectivity index (χ1n) is 7.98. The number of benzene rings is 1. The molecule has 1 heterocycles. The molecule has 1 amide bonds. The van der Waals surface area contributed by atoms with Gasteiger partial charge in [0.2, 0.25) is 11.8 Å². The van der Waals surface area contributed by atoms with Crippen LogP contribution in [0.3, 0.4) is 0 Å². The summed E-state index contributed by atoms with van der Waals surface area (Å²) in [4.78, 5) is 12.3. The third kappa shape index (κ3) is 4.16. The summed E-state index contributed by atoms with van der Waals surface area (Å²) in [7, 11) is 3.24. The van der Waals surface area contributed by atoms with Gasteiger partial charge in [0, 0.05) is 7.05 Å². The molecular weight excluding hydrogens is 349 g/mol. The average Bonchev–Trinajstić information content (AvgIpc) is 2.92. The number of halogens is 3. The molecule has 0 saturated carbocycles. The van der Waals surface area contributed by atoms with Crippen molar-refractivity contribution < 1.29 is 22.7 Å². The Morgan fingerprint density at radius 1 is 1.35 bits per heavy atom. The van der Waals surface area contributed by atoms with Crippen LogP contribution in [0.2, 0.25) is 0 Å². The number of nitrogens with two attached hydrogens (primary N) is 1. The Balaban J connectivity index is 2.08. The first-order chi connectivity index (χ1) is 12.2. The first kappa shape index (κ1) is 19.8. The Morgan fingerprint density at radius 3 is 2.46 bits per heavy atom. The van der Waals surface area contributed by atoms with Crippen LogP contribution >= 0.6 is 0 Å². The van der Waals surface area contributed by atoms with Crippen molar-refractivity contribution in [1.82, 2.24) is 15.1 Å². The lowest BCUT2D eigenvalue weighted by atomic mass is 10.0. The Hall–Kier alpha value is -2.55. The number of nitrogens with one attached hydrogen (secondary N) is 1. The van der Waals surface area contributed by atoms with E-state index in [4.69, 9.17) is 10.5 Å². The van der Waals surface area contributed by atoms with Gasteiger partial charge in [0.15, 0.2) is 0 Å². The summed E-state index contributed by atoms with van der Waals surface area (Å²) in [5, 5.41) is 7.00. The van der Waals surface area contributed by atoms with Crippen LogP contribution < -0.4 is 15.8 Å². The number of hydrogen-bond donors (Lipinski definition) is 2. The zero-order valence-corrected chi connectivity index (χ0v) is 14.7. The molecule has 1 unspecified atom stereocenters. The smallest absolute Gasteiger partial charge is 0.416 e. The summed E-state index contributed by atoms with van der Waals surface area (Å²) in [6, 6.07) is 3.14. The SMILES string of the molecule is CCc1nn(C)c(OC)c1CNC(=O)C(N)c1ccc(C(F)(F)F)cc1. The van der Waals surface area contributed by atoms with E-state index in [9.17, 15) is 18.0 Å². The lowest BCUT2D eigenvalue weighted by Gasteiger charge is -2.14. The van der Waals surface area contributed by atoms with Crippen LogP contribution in [0.5, 0.6) is 5.88 Å². The standard InChI is InChI=1S/C17H21F3N4O2/c1-4-13-12(16(26-3)24(2)23-13)9-22-15(25)14(21)10-5-7-11(8-6-10)17(18,19)20/h5-8,14H,4,9,21H2,1-3H3,(H,22,25). The maximum absolute atomic E-state index is 12.6. The summed E-state index contributed by atoms with van der Waals surface area (Å²) in [5.41, 5.74) is 6.89. The fourth-order valence-corrected chi connectivity index (χ4v) is 2.64. The van der Waals surface area contributed by atoms with Crippen molar-refractivity contribution in [3.05, 3.63) is 46.6 Å². The van der Waals surface area contributed by atoms with Gasteiger partial charge in [-0.1, -0.05) is 19.1 Å². The Kier molecular flexibility index (Phi) is 5.91. The van der Waals surface area contributed by atoms with Crippen molar-refractivity contribution >= 4 is 5.91 Å². The molecule has 0 aliphatic rings. The lowest BCUT2D eigenvalue weighted by molar-refractivity contribution is -0.137. The zero-order valence-electron chi connectivity index (χ0n) is 14.7. The van der Waals surface area contributed by atoms with E-state index in [1.807, 2.05) is 6.92 Å². The number of rotatable bonds is 6. The highest BCUT2D eigenvalue weighted by molar-refractivity contribution is 5.83. The number of carbonyl (C=O) groups excluding carboxylic acids is 1. The molecule has 6 nitrogen and oxygen atoms in total. The van der Waals surface area contributed by atoms with Crippen molar-refractivity contribution in [3.63, 3.8) is 0 Å². The van der Waals surface area contributed by atoms with Gasteiger partial charge in [0.1, 0.15) is 6.04 Å². The molecule has 0 saturated heterocycles. The highest BCUT2D eigenvalue weighted by atomic mass is 19.4. The fraction of sp³-hybridized carbons (Fsp3) is 0.412. The molecular formula is C17H21F3N4O2. The fourth-order valence-electron chi connectivity index (χ4n) is 2.64. The number of nitrogens with zero attached hydrogens (tertiary/aromatic N) is 2. The van der Waals surface area contributed by atoms with E-state index in [1.54, 1.807) is 11.7 Å². The number of hydrogen-bond acceptors (Lipinski definition) is 4. The minimum absolute atomic E-state index is 0.160. The average molecular weight is 370 g/mol. The largest absolute Gasteiger partial charge is 0.481 e. The lowest BCUT2D eigenvalue weighted by Crippen LogP contribution is -2.34. The molecule has 0 fully saturated rings. The van der Waals surface area contributed by atoms with E-state index in [0.29, 0.717) is 17.9 Å². The van der Waals surface area contributed by atoms with Crippen molar-refractivity contribution in [3.8, 4) is 5.88 Å². The molecule has 26 heavy (non-hydrogen) atoms. The number of aryl methyl sites for hydroxylation is 2. The Labute approximate surface area is 149 Å². The van der Waals surface area contributed by atoms with Crippen LogP contribution in [0.25, 0.3) is 0 Å². The second kappa shape index (κ2) is 7.77. The number of ether oxygens (including phenoxy) is 1. The summed E-state index contributed by atoms with van der Waals surface area (Å²) in [6.45, 7) is 2.09. The second-order valence-electron chi connectivity index (χ2n) is 5.73. The maximum Gasteiger partial charge on any atom is 0.416 e. The summed E-state index contributed by atoms with van der Waals surface area (Å²) in [5.74, 6) is 0.0305. The van der Waals surface area contributed by atoms with Crippen molar-refractivity contribution in [1.29, 1.82) is 0 Å². The minimum Gasteiger partial charge on any atom is -0.481 e. The highest BCUT2D eigenvalue weighted by Gasteiger charge is 2.30. The number of amides is 1. The van der Waals surface area contributed by atoms with E-state index < -0.39 is 23.7 Å². The van der Waals surface area contributed by atoms with Crippen molar-refractivity contribution in [2.24, 2.45) is 12.8 Å².